The third-order valence-electron chi connectivity index (χ3n) is 2.58. The predicted molar refractivity (Wildman–Crippen MR) is 71.0 cm³/mol. The number of aromatic nitrogens is 1. The van der Waals surface area contributed by atoms with Gasteiger partial charge in [-0.3, -0.25) is 0 Å². The Kier molecular flexibility index (Phi) is 2.31. The molecule has 2 heterocycles. The van der Waals surface area contributed by atoms with E-state index in [0.29, 0.717) is 15.8 Å². The van der Waals surface area contributed by atoms with Gasteiger partial charge in [-0.2, -0.15) is 11.3 Å². The Hall–Kier alpha value is -1.59. The van der Waals surface area contributed by atoms with Gasteiger partial charge in [0.25, 0.3) is 0 Å². The molecule has 0 spiro atoms. The first-order valence-electron chi connectivity index (χ1n) is 5.01. The van der Waals surface area contributed by atoms with Crippen LogP contribution < -0.4 is 0 Å². The van der Waals surface area contributed by atoms with Gasteiger partial charge in [-0.1, -0.05) is 0 Å². The number of nitrogens with zero attached hydrogens (tertiary/aromatic N) is 1. The summed E-state index contributed by atoms with van der Waals surface area (Å²) >= 11 is 2.99. The van der Waals surface area contributed by atoms with E-state index >= 15 is 0 Å². The van der Waals surface area contributed by atoms with Crippen molar-refractivity contribution in [2.45, 2.75) is 6.92 Å². The van der Waals surface area contributed by atoms with Crippen molar-refractivity contribution >= 4 is 32.9 Å². The van der Waals surface area contributed by atoms with E-state index in [2.05, 4.69) is 4.98 Å². The summed E-state index contributed by atoms with van der Waals surface area (Å²) in [6.45, 7) is 1.75. The topological polar surface area (TPSA) is 53.4 Å². The Bertz CT molecular complexity index is 686. The van der Waals surface area contributed by atoms with Crippen LogP contribution in [0.5, 0.6) is 11.5 Å². The van der Waals surface area contributed by atoms with E-state index in [9.17, 15) is 10.2 Å². The lowest BCUT2D eigenvalue weighted by atomic mass is 10.2. The quantitative estimate of drug-likeness (QED) is 0.657. The van der Waals surface area contributed by atoms with Crippen molar-refractivity contribution in [1.29, 1.82) is 0 Å². The number of fused-ring (bicyclic) bond motifs is 1. The monoisotopic (exact) mass is 263 g/mol. The van der Waals surface area contributed by atoms with Crippen molar-refractivity contribution < 1.29 is 10.2 Å². The molecule has 86 valence electrons. The first-order chi connectivity index (χ1) is 8.16. The molecule has 0 aliphatic rings. The molecule has 0 amide bonds. The van der Waals surface area contributed by atoms with E-state index in [1.165, 1.54) is 11.3 Å². The number of thiophene rings is 1. The van der Waals surface area contributed by atoms with Crippen molar-refractivity contribution in [1.82, 2.24) is 4.98 Å². The Morgan fingerprint density at radius 2 is 2.12 bits per heavy atom. The number of rotatable bonds is 1. The molecule has 5 heteroatoms. The Morgan fingerprint density at radius 3 is 2.82 bits per heavy atom. The fraction of sp³-hybridized carbons (Fsp3) is 0.0833. The van der Waals surface area contributed by atoms with E-state index in [-0.39, 0.29) is 11.5 Å². The number of benzene rings is 1. The molecule has 0 radical (unpaired) electrons. The molecule has 0 saturated carbocycles. The van der Waals surface area contributed by atoms with Crippen LogP contribution in [0.2, 0.25) is 0 Å². The van der Waals surface area contributed by atoms with Crippen molar-refractivity contribution in [3.05, 3.63) is 28.5 Å². The Morgan fingerprint density at radius 1 is 1.29 bits per heavy atom. The van der Waals surface area contributed by atoms with Gasteiger partial charge in [0.2, 0.25) is 0 Å². The van der Waals surface area contributed by atoms with Crippen molar-refractivity contribution in [3.63, 3.8) is 0 Å². The molecule has 0 unspecified atom stereocenters. The lowest BCUT2D eigenvalue weighted by molar-refractivity contribution is 0.466. The first-order valence-corrected chi connectivity index (χ1v) is 6.77. The highest BCUT2D eigenvalue weighted by atomic mass is 32.1. The van der Waals surface area contributed by atoms with Crippen LogP contribution in [0, 0.1) is 6.92 Å². The second kappa shape index (κ2) is 3.72. The van der Waals surface area contributed by atoms with E-state index in [0.717, 1.165) is 10.6 Å². The second-order valence-electron chi connectivity index (χ2n) is 3.77. The fourth-order valence-corrected chi connectivity index (χ4v) is 3.38. The smallest absolute Gasteiger partial charge is 0.145 e. The van der Waals surface area contributed by atoms with E-state index in [1.54, 1.807) is 24.3 Å². The molecule has 0 atom stereocenters. The van der Waals surface area contributed by atoms with Crippen LogP contribution in [0.15, 0.2) is 22.9 Å². The van der Waals surface area contributed by atoms with Crippen molar-refractivity contribution in [2.24, 2.45) is 0 Å². The summed E-state index contributed by atoms with van der Waals surface area (Å²) in [5.41, 5.74) is 2.14. The zero-order valence-electron chi connectivity index (χ0n) is 8.97. The summed E-state index contributed by atoms with van der Waals surface area (Å²) < 4.78 is 0.634. The van der Waals surface area contributed by atoms with Gasteiger partial charge in [-0.15, -0.1) is 11.3 Å². The van der Waals surface area contributed by atoms with Gasteiger partial charge in [0, 0.05) is 10.9 Å². The summed E-state index contributed by atoms with van der Waals surface area (Å²) in [5, 5.41) is 24.6. The van der Waals surface area contributed by atoms with E-state index < -0.39 is 0 Å². The summed E-state index contributed by atoms with van der Waals surface area (Å²) in [4.78, 5) is 4.39. The highest BCUT2D eigenvalue weighted by Crippen LogP contribution is 2.41. The molecule has 0 bridgehead atoms. The maximum atomic E-state index is 9.93. The van der Waals surface area contributed by atoms with Crippen LogP contribution >= 0.6 is 22.7 Å². The number of aromatic hydroxyl groups is 2. The zero-order chi connectivity index (χ0) is 12.0. The third kappa shape index (κ3) is 1.59. The number of hydrogen-bond donors (Lipinski definition) is 2. The normalized spacial score (nSPS) is 11.1. The molecule has 0 saturated heterocycles. The van der Waals surface area contributed by atoms with Crippen LogP contribution in [-0.4, -0.2) is 15.2 Å². The number of phenols is 2. The first kappa shape index (κ1) is 10.6. The highest BCUT2D eigenvalue weighted by molar-refractivity contribution is 7.22. The number of phenolic OH excluding ortho intramolecular Hbond substituents is 2. The van der Waals surface area contributed by atoms with Gasteiger partial charge in [-0.25, -0.2) is 4.98 Å². The molecule has 2 N–H and O–H groups in total. The summed E-state index contributed by atoms with van der Waals surface area (Å²) in [7, 11) is 0. The van der Waals surface area contributed by atoms with E-state index in [4.69, 9.17) is 0 Å². The number of hydrogen-bond acceptors (Lipinski definition) is 5. The van der Waals surface area contributed by atoms with Crippen LogP contribution in [0.1, 0.15) is 5.56 Å². The van der Waals surface area contributed by atoms with Gasteiger partial charge in [0.05, 0.1) is 0 Å². The van der Waals surface area contributed by atoms with Gasteiger partial charge >= 0.3 is 0 Å². The fourth-order valence-electron chi connectivity index (χ4n) is 1.69. The molecule has 3 aromatic rings. The summed E-state index contributed by atoms with van der Waals surface area (Å²) in [5.74, 6) is 0.324. The molecule has 0 fully saturated rings. The molecule has 17 heavy (non-hydrogen) atoms. The van der Waals surface area contributed by atoms with Gasteiger partial charge < -0.3 is 10.2 Å². The minimum Gasteiger partial charge on any atom is -0.506 e. The largest absolute Gasteiger partial charge is 0.506 e. The molecule has 1 aromatic carbocycles. The summed E-state index contributed by atoms with van der Waals surface area (Å²) in [6, 6.07) is 3.54. The molecular weight excluding hydrogens is 254 g/mol. The lowest BCUT2D eigenvalue weighted by Crippen LogP contribution is -1.78. The Labute approximate surface area is 106 Å². The number of thiazole rings is 1. The molecule has 2 aromatic heterocycles. The van der Waals surface area contributed by atoms with Crippen LogP contribution in [0.4, 0.5) is 0 Å². The average molecular weight is 263 g/mol. The lowest BCUT2D eigenvalue weighted by Gasteiger charge is -2.00. The van der Waals surface area contributed by atoms with Crippen molar-refractivity contribution in [2.75, 3.05) is 0 Å². The van der Waals surface area contributed by atoms with Crippen LogP contribution in [0.25, 0.3) is 20.8 Å². The standard InChI is InChI=1S/C12H9NO2S2/c1-6-4-8(14)11-9(10(6)15)13-12(17-11)7-2-3-16-5-7/h2-5,14-15H,1H3. The van der Waals surface area contributed by atoms with Crippen molar-refractivity contribution in [3.8, 4) is 22.1 Å². The minimum atomic E-state index is 0.149. The predicted octanol–water partition coefficient (Wildman–Crippen LogP) is 3.74. The van der Waals surface area contributed by atoms with Gasteiger partial charge in [-0.05, 0) is 30.0 Å². The minimum absolute atomic E-state index is 0.149. The average Bonchev–Trinajstić information content (AvgIpc) is 2.94. The summed E-state index contributed by atoms with van der Waals surface area (Å²) in [6.07, 6.45) is 0. The van der Waals surface area contributed by atoms with Crippen LogP contribution in [0.3, 0.4) is 0 Å². The van der Waals surface area contributed by atoms with Gasteiger partial charge in [0.15, 0.2) is 0 Å². The molecule has 0 aliphatic heterocycles. The van der Waals surface area contributed by atoms with E-state index in [1.807, 2.05) is 16.8 Å². The molecule has 0 aliphatic carbocycles. The Balaban J connectivity index is 2.33. The zero-order valence-corrected chi connectivity index (χ0v) is 10.6. The maximum absolute atomic E-state index is 9.93. The van der Waals surface area contributed by atoms with Gasteiger partial charge in [0.1, 0.15) is 26.7 Å². The van der Waals surface area contributed by atoms with Crippen LogP contribution in [-0.2, 0) is 0 Å². The number of aryl methyl sites for hydroxylation is 1. The second-order valence-corrected chi connectivity index (χ2v) is 5.55. The molecular formula is C12H9NO2S2. The SMILES string of the molecule is Cc1cc(O)c2sc(-c3ccsc3)nc2c1O. The third-order valence-corrected chi connectivity index (χ3v) is 4.39. The highest BCUT2D eigenvalue weighted by Gasteiger charge is 2.15. The molecule has 3 nitrogen and oxygen atoms in total. The molecule has 3 rings (SSSR count). The maximum Gasteiger partial charge on any atom is 0.145 e.